The Bertz CT molecular complexity index is 1050. The Balaban J connectivity index is 1.39. The number of piperidine rings is 1. The molecule has 188 valence electrons. The molecule has 3 heterocycles. The van der Waals surface area contributed by atoms with Gasteiger partial charge in [-0.25, -0.2) is 0 Å². The van der Waals surface area contributed by atoms with Gasteiger partial charge < -0.3 is 30.9 Å². The second-order valence-corrected chi connectivity index (χ2v) is 8.97. The van der Waals surface area contributed by atoms with E-state index in [2.05, 4.69) is 43.4 Å². The molecule has 2 aromatic rings. The Morgan fingerprint density at radius 2 is 2.20 bits per heavy atom. The summed E-state index contributed by atoms with van der Waals surface area (Å²) < 4.78 is 1.98. The average Bonchev–Trinajstić information content (AvgIpc) is 3.32. The average molecular weight is 481 g/mol. The molecule has 1 amide bonds. The zero-order valence-corrected chi connectivity index (χ0v) is 20.3. The minimum absolute atomic E-state index is 0.0499. The van der Waals surface area contributed by atoms with E-state index in [1.807, 2.05) is 41.1 Å². The normalized spacial score (nSPS) is 19.7. The molecular formula is C25H36N8O2. The molecule has 2 atom stereocenters. The number of nitrogens with zero attached hydrogens (tertiary/aromatic N) is 4. The predicted molar refractivity (Wildman–Crippen MR) is 136 cm³/mol. The number of aromatic nitrogens is 3. The van der Waals surface area contributed by atoms with Crippen LogP contribution >= 0.6 is 0 Å². The standard InChI is InChI=1S/C25H36N8O2/c1-2-18-14-26-9-7-20(18)15-29-25(35)19-5-3-6-21(13-19)28-16-23-31-32-24(33(23)11-4-12-34)22-8-10-27-17-30-22/h3,5-6,8,10,13,18,20,26-28,34H,2,4,7,9,11-12,14-17H2,1H3,(H,29,35). The maximum Gasteiger partial charge on any atom is 0.251 e. The first kappa shape index (κ1) is 24.9. The Labute approximate surface area is 206 Å². The summed E-state index contributed by atoms with van der Waals surface area (Å²) in [6.07, 6.45) is 6.53. The molecule has 35 heavy (non-hydrogen) atoms. The molecule has 4 rings (SSSR count). The second kappa shape index (κ2) is 12.5. The van der Waals surface area contributed by atoms with E-state index in [1.54, 1.807) is 0 Å². The van der Waals surface area contributed by atoms with Crippen LogP contribution in [0, 0.1) is 11.8 Å². The van der Waals surface area contributed by atoms with Crippen molar-refractivity contribution in [2.24, 2.45) is 16.8 Å². The van der Waals surface area contributed by atoms with Gasteiger partial charge in [0.1, 0.15) is 12.4 Å². The van der Waals surface area contributed by atoms with Crippen molar-refractivity contribution in [1.82, 2.24) is 30.7 Å². The third-order valence-corrected chi connectivity index (χ3v) is 6.69. The van der Waals surface area contributed by atoms with Crippen molar-refractivity contribution in [1.29, 1.82) is 0 Å². The molecule has 0 aliphatic carbocycles. The van der Waals surface area contributed by atoms with Crippen LogP contribution in [0.15, 0.2) is 41.5 Å². The van der Waals surface area contributed by atoms with Crippen molar-refractivity contribution >= 4 is 17.3 Å². The third-order valence-electron chi connectivity index (χ3n) is 6.69. The monoisotopic (exact) mass is 480 g/mol. The van der Waals surface area contributed by atoms with Gasteiger partial charge in [0.25, 0.3) is 5.91 Å². The Morgan fingerprint density at radius 1 is 1.29 bits per heavy atom. The van der Waals surface area contributed by atoms with Crippen LogP contribution in [0.5, 0.6) is 0 Å². The van der Waals surface area contributed by atoms with E-state index in [-0.39, 0.29) is 12.5 Å². The van der Waals surface area contributed by atoms with Gasteiger partial charge in [-0.1, -0.05) is 19.4 Å². The largest absolute Gasteiger partial charge is 0.396 e. The number of aliphatic hydroxyl groups is 1. The first-order valence-corrected chi connectivity index (χ1v) is 12.5. The molecule has 1 aromatic carbocycles. The number of hydrogen-bond donors (Lipinski definition) is 5. The molecule has 0 spiro atoms. The molecule has 1 saturated heterocycles. The summed E-state index contributed by atoms with van der Waals surface area (Å²) >= 11 is 0. The summed E-state index contributed by atoms with van der Waals surface area (Å²) in [6.45, 7) is 6.58. The highest BCUT2D eigenvalue weighted by atomic mass is 16.3. The number of anilines is 1. The van der Waals surface area contributed by atoms with Crippen molar-refractivity contribution in [3.63, 3.8) is 0 Å². The van der Waals surface area contributed by atoms with Gasteiger partial charge in [-0.2, -0.15) is 0 Å². The summed E-state index contributed by atoms with van der Waals surface area (Å²) in [6, 6.07) is 7.52. The number of carbonyl (C=O) groups is 1. The zero-order valence-electron chi connectivity index (χ0n) is 20.3. The van der Waals surface area contributed by atoms with Crippen LogP contribution in [0.3, 0.4) is 0 Å². The molecule has 2 unspecified atom stereocenters. The van der Waals surface area contributed by atoms with Crippen LogP contribution in [-0.2, 0) is 13.1 Å². The fourth-order valence-electron chi connectivity index (χ4n) is 4.64. The van der Waals surface area contributed by atoms with E-state index < -0.39 is 0 Å². The number of hydrogen-bond acceptors (Lipinski definition) is 8. The van der Waals surface area contributed by atoms with Crippen molar-refractivity contribution in [3.8, 4) is 0 Å². The predicted octanol–water partition coefficient (Wildman–Crippen LogP) is 1.50. The van der Waals surface area contributed by atoms with Crippen LogP contribution in [0.1, 0.15) is 48.2 Å². The molecule has 1 fully saturated rings. The quantitative estimate of drug-likeness (QED) is 0.330. The maximum absolute atomic E-state index is 12.8. The lowest BCUT2D eigenvalue weighted by molar-refractivity contribution is 0.0935. The first-order chi connectivity index (χ1) is 17.2. The summed E-state index contributed by atoms with van der Waals surface area (Å²) in [7, 11) is 0. The molecule has 5 N–H and O–H groups in total. The molecule has 1 aromatic heterocycles. The highest BCUT2D eigenvalue weighted by Gasteiger charge is 2.24. The van der Waals surface area contributed by atoms with Crippen molar-refractivity contribution in [2.45, 2.75) is 39.3 Å². The Kier molecular flexibility index (Phi) is 8.85. The Hall–Kier alpha value is -3.24. The molecular weight excluding hydrogens is 444 g/mol. The lowest BCUT2D eigenvalue weighted by Crippen LogP contribution is -2.42. The van der Waals surface area contributed by atoms with E-state index in [4.69, 9.17) is 0 Å². The van der Waals surface area contributed by atoms with Gasteiger partial charge in [-0.15, -0.1) is 10.2 Å². The summed E-state index contributed by atoms with van der Waals surface area (Å²) in [5.41, 5.74) is 2.23. The van der Waals surface area contributed by atoms with Crippen molar-refractivity contribution < 1.29 is 9.90 Å². The number of carbonyl (C=O) groups excluding carboxylic acids is 1. The summed E-state index contributed by atoms with van der Waals surface area (Å²) in [5.74, 6) is 2.51. The van der Waals surface area contributed by atoms with Crippen molar-refractivity contribution in [3.05, 3.63) is 53.8 Å². The van der Waals surface area contributed by atoms with Gasteiger partial charge in [0.15, 0.2) is 11.6 Å². The number of amides is 1. The smallest absolute Gasteiger partial charge is 0.251 e. The van der Waals surface area contributed by atoms with Crippen LogP contribution < -0.4 is 21.3 Å². The van der Waals surface area contributed by atoms with Gasteiger partial charge >= 0.3 is 0 Å². The van der Waals surface area contributed by atoms with Gasteiger partial charge in [-0.05, 0) is 62.0 Å². The fraction of sp³-hybridized carbons (Fsp3) is 0.520. The summed E-state index contributed by atoms with van der Waals surface area (Å²) in [4.78, 5) is 17.3. The SMILES string of the molecule is CCC1CNCCC1CNC(=O)c1cccc(NCc2nnc(C3=NCNC=C3)n2CCCO)c1. The fourth-order valence-corrected chi connectivity index (χ4v) is 4.64. The number of aliphatic imine (C=N–C) groups is 1. The van der Waals surface area contributed by atoms with Gasteiger partial charge in [0, 0.05) is 37.1 Å². The lowest BCUT2D eigenvalue weighted by Gasteiger charge is -2.31. The Morgan fingerprint density at radius 3 is 3.00 bits per heavy atom. The van der Waals surface area contributed by atoms with E-state index in [1.165, 1.54) is 0 Å². The topological polar surface area (TPSA) is 128 Å². The van der Waals surface area contributed by atoms with E-state index in [0.717, 1.165) is 43.2 Å². The van der Waals surface area contributed by atoms with Crippen LogP contribution in [0.2, 0.25) is 0 Å². The molecule has 0 saturated carbocycles. The van der Waals surface area contributed by atoms with Gasteiger partial charge in [-0.3, -0.25) is 9.79 Å². The van der Waals surface area contributed by atoms with Crippen LogP contribution in [0.4, 0.5) is 5.69 Å². The molecule has 2 aliphatic rings. The number of rotatable bonds is 11. The van der Waals surface area contributed by atoms with Crippen molar-refractivity contribution in [2.75, 3.05) is 38.2 Å². The first-order valence-electron chi connectivity index (χ1n) is 12.5. The molecule has 0 bridgehead atoms. The van der Waals surface area contributed by atoms with Crippen LogP contribution in [-0.4, -0.2) is 64.4 Å². The van der Waals surface area contributed by atoms with Crippen LogP contribution in [0.25, 0.3) is 0 Å². The number of benzene rings is 1. The van der Waals surface area contributed by atoms with Gasteiger partial charge in [0.2, 0.25) is 0 Å². The maximum atomic E-state index is 12.8. The number of nitrogens with one attached hydrogen (secondary N) is 4. The lowest BCUT2D eigenvalue weighted by atomic mass is 9.84. The minimum Gasteiger partial charge on any atom is -0.396 e. The van der Waals surface area contributed by atoms with E-state index >= 15 is 0 Å². The highest BCUT2D eigenvalue weighted by molar-refractivity contribution is 6.06. The molecule has 0 radical (unpaired) electrons. The molecule has 10 heteroatoms. The summed E-state index contributed by atoms with van der Waals surface area (Å²) in [5, 5.41) is 31.0. The zero-order chi connectivity index (χ0) is 24.5. The number of aliphatic hydroxyl groups excluding tert-OH is 1. The highest BCUT2D eigenvalue weighted by Crippen LogP contribution is 2.21. The second-order valence-electron chi connectivity index (χ2n) is 8.97. The van der Waals surface area contributed by atoms with E-state index in [9.17, 15) is 9.90 Å². The molecule has 10 nitrogen and oxygen atoms in total. The molecule has 2 aliphatic heterocycles. The number of allylic oxidation sites excluding steroid dienone is 1. The third kappa shape index (κ3) is 6.46. The van der Waals surface area contributed by atoms with E-state index in [0.29, 0.717) is 55.9 Å². The minimum atomic E-state index is -0.0499. The van der Waals surface area contributed by atoms with Gasteiger partial charge in [0.05, 0.1) is 6.54 Å².